The van der Waals surface area contributed by atoms with Gasteiger partial charge in [0.25, 0.3) is 0 Å². The van der Waals surface area contributed by atoms with Gasteiger partial charge in [-0.25, -0.2) is 4.79 Å². The summed E-state index contributed by atoms with van der Waals surface area (Å²) in [5.41, 5.74) is 4.02. The molecule has 7 atom stereocenters. The van der Waals surface area contributed by atoms with Crippen molar-refractivity contribution in [2.45, 2.75) is 131 Å². The minimum absolute atomic E-state index is 0.0912. The van der Waals surface area contributed by atoms with Crippen molar-refractivity contribution in [2.24, 2.45) is 29.1 Å². The van der Waals surface area contributed by atoms with Gasteiger partial charge in [-0.2, -0.15) is 0 Å². The Morgan fingerprint density at radius 2 is 1.82 bits per heavy atom. The lowest BCUT2D eigenvalue weighted by molar-refractivity contribution is -0.166. The van der Waals surface area contributed by atoms with Crippen molar-refractivity contribution in [1.82, 2.24) is 4.90 Å². The van der Waals surface area contributed by atoms with Gasteiger partial charge < -0.3 is 38.6 Å². The van der Waals surface area contributed by atoms with E-state index in [1.54, 1.807) is 7.11 Å². The molecule has 1 aromatic rings. The first-order valence-corrected chi connectivity index (χ1v) is 22.2. The Bertz CT molecular complexity index is 1820. The number of aliphatic hydroxyl groups is 1. The lowest BCUT2D eigenvalue weighted by Gasteiger charge is -2.44. The molecule has 13 heteroatoms. The van der Waals surface area contributed by atoms with Gasteiger partial charge in [0.05, 0.1) is 38.3 Å². The number of morpholine rings is 1. The third-order valence-electron chi connectivity index (χ3n) is 13.1. The number of methoxy groups -OCH3 is 1. The zero-order valence-corrected chi connectivity index (χ0v) is 37.6. The quantitative estimate of drug-likeness (QED) is 0.104. The average molecular weight is 852 g/mol. The maximum Gasteiger partial charge on any atom is 0.342 e. The predicted octanol–water partition coefficient (Wildman–Crippen LogP) is 7.11. The molecule has 0 amide bonds. The summed E-state index contributed by atoms with van der Waals surface area (Å²) in [6, 6.07) is 0. The number of nitrogens with zero attached hydrogens (tertiary/aromatic N) is 1. The van der Waals surface area contributed by atoms with E-state index in [2.05, 4.69) is 37.0 Å². The third-order valence-corrected chi connectivity index (χ3v) is 13.1. The molecule has 3 aliphatic heterocycles. The molecule has 2 saturated heterocycles. The number of ether oxygens (including phenoxy) is 6. The average Bonchev–Trinajstić information content (AvgIpc) is 3.62. The number of hydrogen-bond donors (Lipinski definition) is 2. The summed E-state index contributed by atoms with van der Waals surface area (Å²) >= 11 is 0. The molecule has 2 aliphatic carbocycles. The highest BCUT2D eigenvalue weighted by Crippen LogP contribution is 2.46. The molecule has 2 fully saturated rings. The molecule has 13 nitrogen and oxygen atoms in total. The molecule has 0 saturated carbocycles. The summed E-state index contributed by atoms with van der Waals surface area (Å²) in [5, 5.41) is 20.6. The predicted molar refractivity (Wildman–Crippen MR) is 229 cm³/mol. The van der Waals surface area contributed by atoms with Crippen molar-refractivity contribution in [2.75, 3.05) is 46.6 Å². The normalized spacial score (nSPS) is 26.5. The van der Waals surface area contributed by atoms with Gasteiger partial charge in [-0.05, 0) is 95.1 Å². The molecule has 0 bridgehead atoms. The van der Waals surface area contributed by atoms with Gasteiger partial charge in [0, 0.05) is 49.5 Å². The molecular formula is C48H69NO12. The number of carbonyl (C=O) groups is 4. The SMILES string of the molecule is CCC(C)(C)C(=O)O[C@H]1C[C@@H](C)C=C2C=C[C@H](C)[C@H](CC[C@@H]3C[C@@H](O)CC(=O)O3)[C@H]21.COc1c(C)c2c(c(O)c1C/C=C(\C)CCC(=O)OCCN1CCOCC1)C(=O)OC2. The van der Waals surface area contributed by atoms with Crippen molar-refractivity contribution >= 4 is 23.9 Å². The summed E-state index contributed by atoms with van der Waals surface area (Å²) in [6.07, 6.45) is 12.8. The molecule has 3 heterocycles. The maximum atomic E-state index is 12.9. The smallest absolute Gasteiger partial charge is 0.342 e. The second kappa shape index (κ2) is 21.7. The number of allylic oxidation sites excluding steroid dienone is 5. The number of phenols is 1. The van der Waals surface area contributed by atoms with E-state index >= 15 is 0 Å². The summed E-state index contributed by atoms with van der Waals surface area (Å²) < 4.78 is 32.8. The first-order chi connectivity index (χ1) is 29.0. The van der Waals surface area contributed by atoms with Crippen molar-refractivity contribution in [3.63, 3.8) is 0 Å². The molecule has 0 spiro atoms. The highest BCUT2D eigenvalue weighted by molar-refractivity contribution is 5.98. The van der Waals surface area contributed by atoms with Crippen LogP contribution in [-0.4, -0.2) is 104 Å². The molecule has 6 rings (SSSR count). The fourth-order valence-electron chi connectivity index (χ4n) is 8.97. The van der Waals surface area contributed by atoms with Crippen LogP contribution >= 0.6 is 0 Å². The number of hydrogen-bond acceptors (Lipinski definition) is 13. The maximum absolute atomic E-state index is 12.9. The van der Waals surface area contributed by atoms with E-state index in [1.165, 1.54) is 5.57 Å². The van der Waals surface area contributed by atoms with Crippen molar-refractivity contribution in [3.8, 4) is 11.5 Å². The number of rotatable bonds is 15. The zero-order chi connectivity index (χ0) is 44.4. The van der Waals surface area contributed by atoms with Gasteiger partial charge in [0.2, 0.25) is 0 Å². The standard InChI is InChI=1S/C25H38O5.C23H31NO7/c1-6-25(4,5)24(28)30-21-12-15(2)11-17-8-7-16(3)20(23(17)21)10-9-19-13-18(26)14-22(27)29-19;1-15(5-7-19(25)30-13-10-24-8-11-29-12-9-24)4-6-17-21(26)20-18(14-31-23(20)27)16(2)22(17)28-3/h7-8,11,15-16,18-21,23,26H,6,9-10,12-14H2,1-5H3;4,26H,5-14H2,1-3H3/b;15-4+/t15-,16-,18+,19+,20-,21-,23-;/m0./s1. The van der Waals surface area contributed by atoms with Gasteiger partial charge in [0.1, 0.15) is 42.5 Å². The Morgan fingerprint density at radius 1 is 1.08 bits per heavy atom. The highest BCUT2D eigenvalue weighted by atomic mass is 16.6. The first-order valence-electron chi connectivity index (χ1n) is 22.2. The van der Waals surface area contributed by atoms with Crippen molar-refractivity contribution in [3.05, 3.63) is 57.7 Å². The number of esters is 4. The molecule has 0 aromatic heterocycles. The van der Waals surface area contributed by atoms with E-state index in [9.17, 15) is 29.4 Å². The number of aliphatic hydroxyl groups excluding tert-OH is 1. The van der Waals surface area contributed by atoms with Crippen LogP contribution in [0.25, 0.3) is 0 Å². The van der Waals surface area contributed by atoms with Gasteiger partial charge in [-0.1, -0.05) is 50.6 Å². The van der Waals surface area contributed by atoms with Crippen LogP contribution in [0.4, 0.5) is 0 Å². The number of fused-ring (bicyclic) bond motifs is 2. The van der Waals surface area contributed by atoms with Crippen LogP contribution in [0.15, 0.2) is 35.5 Å². The summed E-state index contributed by atoms with van der Waals surface area (Å²) in [6.45, 7) is 18.5. The molecule has 2 N–H and O–H groups in total. The van der Waals surface area contributed by atoms with Gasteiger partial charge in [-0.15, -0.1) is 0 Å². The molecular weight excluding hydrogens is 783 g/mol. The molecule has 0 unspecified atom stereocenters. The lowest BCUT2D eigenvalue weighted by Crippen LogP contribution is -2.43. The molecule has 338 valence electrons. The topological polar surface area (TPSA) is 167 Å². The van der Waals surface area contributed by atoms with Crippen molar-refractivity contribution in [1.29, 1.82) is 0 Å². The second-order valence-electron chi connectivity index (χ2n) is 18.1. The van der Waals surface area contributed by atoms with Crippen LogP contribution in [0.2, 0.25) is 0 Å². The van der Waals surface area contributed by atoms with Crippen LogP contribution in [0.3, 0.4) is 0 Å². The van der Waals surface area contributed by atoms with E-state index in [4.69, 9.17) is 28.4 Å². The number of aromatic hydroxyl groups is 1. The Morgan fingerprint density at radius 3 is 2.51 bits per heavy atom. The fraction of sp³-hybridized carbons (Fsp3) is 0.667. The summed E-state index contributed by atoms with van der Waals surface area (Å²) in [4.78, 5) is 50.8. The van der Waals surface area contributed by atoms with E-state index in [0.29, 0.717) is 66.9 Å². The van der Waals surface area contributed by atoms with Gasteiger partial charge in [0.15, 0.2) is 0 Å². The molecule has 1 aromatic carbocycles. The number of phenolic OH excluding ortho intramolecular Hbond substituents is 1. The van der Waals surface area contributed by atoms with E-state index < -0.39 is 17.5 Å². The van der Waals surface area contributed by atoms with Gasteiger partial charge >= 0.3 is 23.9 Å². The second-order valence-corrected chi connectivity index (χ2v) is 18.1. The van der Waals surface area contributed by atoms with E-state index in [1.807, 2.05) is 40.7 Å². The lowest BCUT2D eigenvalue weighted by atomic mass is 9.65. The van der Waals surface area contributed by atoms with Crippen LogP contribution in [-0.2, 0) is 51.1 Å². The Hall–Kier alpha value is -4.20. The van der Waals surface area contributed by atoms with Gasteiger partial charge in [-0.3, -0.25) is 19.3 Å². The van der Waals surface area contributed by atoms with Crippen LogP contribution < -0.4 is 4.74 Å². The molecule has 5 aliphatic rings. The minimum atomic E-state index is -0.601. The van der Waals surface area contributed by atoms with Crippen LogP contribution in [0.1, 0.15) is 120 Å². The number of benzene rings is 1. The van der Waals surface area contributed by atoms with Crippen LogP contribution in [0.5, 0.6) is 11.5 Å². The fourth-order valence-corrected chi connectivity index (χ4v) is 8.97. The minimum Gasteiger partial charge on any atom is -0.507 e. The van der Waals surface area contributed by atoms with Crippen molar-refractivity contribution < 1.29 is 57.8 Å². The summed E-state index contributed by atoms with van der Waals surface area (Å²) in [7, 11) is 1.54. The molecule has 0 radical (unpaired) electrons. The number of cyclic esters (lactones) is 2. The van der Waals surface area contributed by atoms with Crippen LogP contribution in [0, 0.1) is 36.0 Å². The Kier molecular flexibility index (Phi) is 17.0. The Labute approximate surface area is 361 Å². The highest BCUT2D eigenvalue weighted by Gasteiger charge is 2.43. The largest absolute Gasteiger partial charge is 0.507 e. The molecule has 61 heavy (non-hydrogen) atoms. The summed E-state index contributed by atoms with van der Waals surface area (Å²) in [5.74, 6) is 0.503. The monoisotopic (exact) mass is 851 g/mol. The Balaban J connectivity index is 0.000000231. The first kappa shape index (κ1) is 47.8. The number of carbonyl (C=O) groups excluding carboxylic acids is 4. The van der Waals surface area contributed by atoms with E-state index in [0.717, 1.165) is 69.7 Å². The zero-order valence-electron chi connectivity index (χ0n) is 37.6. The van der Waals surface area contributed by atoms with E-state index in [-0.39, 0.29) is 60.4 Å². The third kappa shape index (κ3) is 12.5.